The van der Waals surface area contributed by atoms with Gasteiger partial charge in [-0.15, -0.1) is 11.8 Å². The number of cyclic esters (lactones) is 2. The molecule has 63 heavy (non-hydrogen) atoms. The van der Waals surface area contributed by atoms with E-state index in [1.807, 2.05) is 79.0 Å². The number of thioether (sulfide) groups is 1. The van der Waals surface area contributed by atoms with E-state index in [0.29, 0.717) is 12.4 Å². The van der Waals surface area contributed by atoms with Gasteiger partial charge < -0.3 is 39.5 Å². The number of allylic oxidation sites excluding steroid dienone is 1. The van der Waals surface area contributed by atoms with Crippen molar-refractivity contribution in [2.45, 2.75) is 137 Å². The average Bonchev–Trinajstić information content (AvgIpc) is 3.26. The van der Waals surface area contributed by atoms with Crippen LogP contribution in [-0.2, 0) is 54.2 Å². The molecule has 0 fully saturated rings. The molecular formula is C47H73N5O10S. The van der Waals surface area contributed by atoms with Crippen LogP contribution in [0.2, 0.25) is 0 Å². The molecule has 9 atom stereocenters. The molecule has 5 amide bonds. The number of likely N-dealkylation sites (N-methyl/N-ethyl adjacent to an activating group) is 3. The van der Waals surface area contributed by atoms with Crippen molar-refractivity contribution in [3.8, 4) is 0 Å². The molecule has 2 N–H and O–H groups in total. The molecule has 0 aromatic heterocycles. The van der Waals surface area contributed by atoms with Crippen molar-refractivity contribution in [3.63, 3.8) is 0 Å². The van der Waals surface area contributed by atoms with Crippen molar-refractivity contribution < 1.29 is 47.8 Å². The minimum atomic E-state index is -1.23. The highest BCUT2D eigenvalue weighted by Gasteiger charge is 2.38. The molecule has 1 aromatic rings. The average molecular weight is 900 g/mol. The van der Waals surface area contributed by atoms with Gasteiger partial charge in [-0.1, -0.05) is 83.5 Å². The number of nitrogens with one attached hydrogen (secondary N) is 2. The van der Waals surface area contributed by atoms with Crippen LogP contribution in [0.4, 0.5) is 0 Å². The minimum absolute atomic E-state index is 0.0618. The Morgan fingerprint density at radius 3 is 2.13 bits per heavy atom. The molecule has 1 aromatic carbocycles. The van der Waals surface area contributed by atoms with Crippen LogP contribution in [0.1, 0.15) is 94.1 Å². The maximum Gasteiger partial charge on any atom is 0.334 e. The number of nitrogens with zero attached hydrogens (tertiary/aromatic N) is 3. The molecule has 0 radical (unpaired) electrons. The number of hydrogen-bond donors (Lipinski definition) is 2. The Hall–Kier alpha value is -4.70. The van der Waals surface area contributed by atoms with E-state index in [4.69, 9.17) is 14.2 Å². The van der Waals surface area contributed by atoms with Crippen LogP contribution in [0.15, 0.2) is 53.6 Å². The van der Waals surface area contributed by atoms with Gasteiger partial charge in [0.15, 0.2) is 6.10 Å². The first-order valence-corrected chi connectivity index (χ1v) is 23.2. The van der Waals surface area contributed by atoms with E-state index < -0.39 is 96.4 Å². The predicted molar refractivity (Wildman–Crippen MR) is 245 cm³/mol. The number of amides is 5. The third kappa shape index (κ3) is 16.1. The SMILES string of the molecule is C/C=C(\C)[C@H]1OC(=O)[C@H](C)N(C)C(=O)[C@H](C(C)CC)NC(=O)CN(C)C(=O)[C@@H](Cc2ccccc2)N(C)C(=O)[C@H](C)NC(=O)[C@@H](CC(C)C)OC(=O)/C(C)=C/C[C@H](OCSC)[C@H]1C. The molecule has 1 heterocycles. The van der Waals surface area contributed by atoms with Crippen LogP contribution in [0.5, 0.6) is 0 Å². The Kier molecular flexibility index (Phi) is 22.6. The number of rotatable bonds is 10. The Balaban J connectivity index is 2.72. The highest BCUT2D eigenvalue weighted by molar-refractivity contribution is 7.98. The second-order valence-corrected chi connectivity index (χ2v) is 18.0. The highest BCUT2D eigenvalue weighted by Crippen LogP contribution is 2.27. The fourth-order valence-electron chi connectivity index (χ4n) is 7.10. The van der Waals surface area contributed by atoms with E-state index in [1.165, 1.54) is 54.5 Å². The summed E-state index contributed by atoms with van der Waals surface area (Å²) in [5.74, 6) is -4.88. The summed E-state index contributed by atoms with van der Waals surface area (Å²) in [5.41, 5.74) is 1.73. The number of esters is 2. The molecule has 15 nitrogen and oxygen atoms in total. The van der Waals surface area contributed by atoms with E-state index >= 15 is 0 Å². The molecule has 1 unspecified atom stereocenters. The number of hydrogen-bond acceptors (Lipinski definition) is 11. The van der Waals surface area contributed by atoms with Gasteiger partial charge >= 0.3 is 11.9 Å². The van der Waals surface area contributed by atoms with Crippen molar-refractivity contribution in [3.05, 3.63) is 59.2 Å². The van der Waals surface area contributed by atoms with Crippen LogP contribution >= 0.6 is 11.8 Å². The molecule has 1 aliphatic heterocycles. The summed E-state index contributed by atoms with van der Waals surface area (Å²) in [6, 6.07) is 4.73. The summed E-state index contributed by atoms with van der Waals surface area (Å²) >= 11 is 1.46. The molecule has 352 valence electrons. The normalized spacial score (nSPS) is 27.9. The van der Waals surface area contributed by atoms with Gasteiger partial charge in [-0.05, 0) is 76.7 Å². The molecule has 0 saturated carbocycles. The molecule has 0 saturated heterocycles. The van der Waals surface area contributed by atoms with Crippen LogP contribution < -0.4 is 10.6 Å². The fourth-order valence-corrected chi connectivity index (χ4v) is 7.41. The lowest BCUT2D eigenvalue weighted by atomic mass is 9.90. The zero-order valence-electron chi connectivity index (χ0n) is 39.9. The van der Waals surface area contributed by atoms with Crippen molar-refractivity contribution in [1.29, 1.82) is 0 Å². The Bertz CT molecular complexity index is 1790. The standard InChI is InChI=1S/C47H73N5O10S/c1-15-29(5)40-45(57)51(12)34(10)47(59)62-41(30(6)16-2)32(8)37(60-27-63-14)23-22-31(7)46(58)61-38(24-28(3)4)42(54)48-33(9)43(55)52(13)36(25-35-20-18-17-19-21-35)44(56)50(11)26-39(53)49-40/h16-22,28-29,32-34,36-38,40-41H,15,23-27H2,1-14H3,(H,48,54)(H,49,53)/b30-16+,31-22+/t29?,32-,33+,34+,36-,37+,38-,40+,41-/m1/s1. The largest absolute Gasteiger partial charge is 0.456 e. The third-order valence-electron chi connectivity index (χ3n) is 11.7. The van der Waals surface area contributed by atoms with Gasteiger partial charge in [-0.2, -0.15) is 0 Å². The second kappa shape index (κ2) is 26.2. The van der Waals surface area contributed by atoms with Crippen LogP contribution in [-0.4, -0.2) is 139 Å². The molecule has 16 heteroatoms. The highest BCUT2D eigenvalue weighted by atomic mass is 32.2. The maximum atomic E-state index is 14.2. The molecule has 0 spiro atoms. The summed E-state index contributed by atoms with van der Waals surface area (Å²) in [7, 11) is 4.37. The monoisotopic (exact) mass is 900 g/mol. The maximum absolute atomic E-state index is 14.2. The quantitative estimate of drug-likeness (QED) is 0.185. The van der Waals surface area contributed by atoms with Gasteiger partial charge in [0, 0.05) is 39.1 Å². The third-order valence-corrected chi connectivity index (χ3v) is 12.1. The van der Waals surface area contributed by atoms with Crippen LogP contribution in [0, 0.1) is 17.8 Å². The molecule has 0 aliphatic carbocycles. The summed E-state index contributed by atoms with van der Waals surface area (Å²) in [6.45, 7) is 17.2. The van der Waals surface area contributed by atoms with Gasteiger partial charge in [-0.3, -0.25) is 24.0 Å². The van der Waals surface area contributed by atoms with E-state index in [2.05, 4.69) is 10.6 Å². The number of benzene rings is 1. The molecule has 1 aliphatic rings. The Labute approximate surface area is 379 Å². The lowest BCUT2D eigenvalue weighted by Gasteiger charge is -2.35. The van der Waals surface area contributed by atoms with Crippen molar-refractivity contribution in [1.82, 2.24) is 25.3 Å². The van der Waals surface area contributed by atoms with Crippen molar-refractivity contribution in [2.75, 3.05) is 39.9 Å². The summed E-state index contributed by atoms with van der Waals surface area (Å²) < 4.78 is 18.2. The zero-order chi connectivity index (χ0) is 47.7. The Morgan fingerprint density at radius 1 is 0.921 bits per heavy atom. The topological polar surface area (TPSA) is 181 Å². The van der Waals surface area contributed by atoms with Crippen LogP contribution in [0.25, 0.3) is 0 Å². The first-order chi connectivity index (χ1) is 29.6. The zero-order valence-corrected chi connectivity index (χ0v) is 40.7. The van der Waals surface area contributed by atoms with Gasteiger partial charge in [0.2, 0.25) is 23.6 Å². The minimum Gasteiger partial charge on any atom is -0.456 e. The summed E-state index contributed by atoms with van der Waals surface area (Å²) in [5, 5.41) is 5.51. The van der Waals surface area contributed by atoms with Crippen molar-refractivity contribution in [2.24, 2.45) is 17.8 Å². The van der Waals surface area contributed by atoms with Gasteiger partial charge in [0.05, 0.1) is 18.6 Å². The van der Waals surface area contributed by atoms with Crippen LogP contribution in [0.3, 0.4) is 0 Å². The molecular weight excluding hydrogens is 827 g/mol. The Morgan fingerprint density at radius 2 is 1.56 bits per heavy atom. The van der Waals surface area contributed by atoms with E-state index in [9.17, 15) is 33.6 Å². The first-order valence-electron chi connectivity index (χ1n) is 21.8. The number of ether oxygens (including phenoxy) is 3. The molecule has 0 bridgehead atoms. The number of carbonyl (C=O) groups excluding carboxylic acids is 7. The van der Waals surface area contributed by atoms with Gasteiger partial charge in [-0.25, -0.2) is 9.59 Å². The lowest BCUT2D eigenvalue weighted by Crippen LogP contribution is -2.58. The molecule has 2 rings (SSSR count). The van der Waals surface area contributed by atoms with Crippen molar-refractivity contribution >= 4 is 53.2 Å². The summed E-state index contributed by atoms with van der Waals surface area (Å²) in [4.78, 5) is 101. The van der Waals surface area contributed by atoms with Gasteiger partial charge in [0.25, 0.3) is 5.91 Å². The first kappa shape index (κ1) is 54.4. The number of carbonyl (C=O) groups is 7. The lowest BCUT2D eigenvalue weighted by molar-refractivity contribution is -0.161. The second-order valence-electron chi connectivity index (χ2n) is 17.1. The predicted octanol–water partition coefficient (Wildman–Crippen LogP) is 4.92. The summed E-state index contributed by atoms with van der Waals surface area (Å²) in [6.07, 6.45) is 3.86. The van der Waals surface area contributed by atoms with E-state index in [0.717, 1.165) is 11.1 Å². The van der Waals surface area contributed by atoms with E-state index in [-0.39, 0.29) is 36.7 Å². The van der Waals surface area contributed by atoms with E-state index in [1.54, 1.807) is 32.1 Å². The van der Waals surface area contributed by atoms with Gasteiger partial charge in [0.1, 0.15) is 30.3 Å². The smallest absolute Gasteiger partial charge is 0.334 e. The fraction of sp³-hybridized carbons (Fsp3) is 0.638.